The Hall–Kier alpha value is -3.19. The molecule has 0 bridgehead atoms. The first-order valence-electron chi connectivity index (χ1n) is 8.53. The fraction of sp³-hybridized carbons (Fsp3) is 0.211. The molecule has 1 fully saturated rings. The maximum absolute atomic E-state index is 6.10. The highest BCUT2D eigenvalue weighted by molar-refractivity contribution is 6.06. The van der Waals surface area contributed by atoms with Crippen molar-refractivity contribution in [3.63, 3.8) is 0 Å². The molecule has 0 aliphatic carbocycles. The Morgan fingerprint density at radius 3 is 2.65 bits per heavy atom. The molecule has 5 rings (SSSR count). The number of nitrogens with zero attached hydrogens (tertiary/aromatic N) is 4. The van der Waals surface area contributed by atoms with E-state index in [1.807, 2.05) is 30.3 Å². The molecule has 3 aromatic heterocycles. The van der Waals surface area contributed by atoms with Gasteiger partial charge < -0.3 is 19.8 Å². The molecule has 7 nitrogen and oxygen atoms in total. The Morgan fingerprint density at radius 1 is 1.00 bits per heavy atom. The minimum absolute atomic E-state index is 0.469. The van der Waals surface area contributed by atoms with Crippen LogP contribution in [0.25, 0.3) is 33.5 Å². The number of ether oxygens (including phenoxy) is 1. The summed E-state index contributed by atoms with van der Waals surface area (Å²) in [6, 6.07) is 11.5. The number of pyridine rings is 1. The number of anilines is 2. The molecule has 0 saturated carbocycles. The molecule has 7 heteroatoms. The summed E-state index contributed by atoms with van der Waals surface area (Å²) in [6.07, 6.45) is 1.70. The lowest BCUT2D eigenvalue weighted by molar-refractivity contribution is 0.122. The number of morpholine rings is 1. The van der Waals surface area contributed by atoms with E-state index in [2.05, 4.69) is 9.88 Å². The van der Waals surface area contributed by atoms with Crippen molar-refractivity contribution in [3.8, 4) is 11.4 Å². The van der Waals surface area contributed by atoms with Crippen molar-refractivity contribution in [3.05, 3.63) is 42.6 Å². The van der Waals surface area contributed by atoms with E-state index in [0.717, 1.165) is 41.0 Å². The number of rotatable bonds is 2. The predicted octanol–water partition coefficient (Wildman–Crippen LogP) is 2.86. The molecule has 2 N–H and O–H groups in total. The van der Waals surface area contributed by atoms with E-state index in [0.29, 0.717) is 30.4 Å². The second-order valence-electron chi connectivity index (χ2n) is 6.22. The van der Waals surface area contributed by atoms with Gasteiger partial charge in [0.2, 0.25) is 0 Å². The summed E-state index contributed by atoms with van der Waals surface area (Å²) >= 11 is 0. The molecular weight excluding hydrogens is 330 g/mol. The highest BCUT2D eigenvalue weighted by Gasteiger charge is 2.22. The van der Waals surface area contributed by atoms with Crippen LogP contribution in [0.5, 0.6) is 0 Å². The highest BCUT2D eigenvalue weighted by Crippen LogP contribution is 2.34. The molecule has 0 radical (unpaired) electrons. The van der Waals surface area contributed by atoms with Crippen LogP contribution in [0.4, 0.5) is 11.6 Å². The third-order valence-electron chi connectivity index (χ3n) is 4.56. The molecule has 0 atom stereocenters. The fourth-order valence-electron chi connectivity index (χ4n) is 3.23. The van der Waals surface area contributed by atoms with E-state index in [1.165, 1.54) is 0 Å². The first-order chi connectivity index (χ1) is 12.8. The van der Waals surface area contributed by atoms with E-state index in [1.54, 1.807) is 12.3 Å². The molecule has 0 spiro atoms. The zero-order chi connectivity index (χ0) is 17.5. The molecule has 26 heavy (non-hydrogen) atoms. The van der Waals surface area contributed by atoms with Gasteiger partial charge >= 0.3 is 0 Å². The monoisotopic (exact) mass is 347 g/mol. The molecule has 0 amide bonds. The second kappa shape index (κ2) is 5.96. The Balaban J connectivity index is 1.77. The molecule has 0 unspecified atom stereocenters. The van der Waals surface area contributed by atoms with Crippen LogP contribution in [0.3, 0.4) is 0 Å². The van der Waals surface area contributed by atoms with Gasteiger partial charge in [0.1, 0.15) is 16.9 Å². The van der Waals surface area contributed by atoms with E-state index in [-0.39, 0.29) is 0 Å². The largest absolute Gasteiger partial charge is 0.450 e. The first kappa shape index (κ1) is 15.1. The predicted molar refractivity (Wildman–Crippen MR) is 100.0 cm³/mol. The first-order valence-corrected chi connectivity index (χ1v) is 8.53. The van der Waals surface area contributed by atoms with Crippen molar-refractivity contribution in [1.29, 1.82) is 0 Å². The number of aromatic nitrogens is 3. The average molecular weight is 347 g/mol. The summed E-state index contributed by atoms with van der Waals surface area (Å²) in [7, 11) is 0. The number of benzene rings is 1. The van der Waals surface area contributed by atoms with E-state index in [4.69, 9.17) is 24.9 Å². The summed E-state index contributed by atoms with van der Waals surface area (Å²) in [6.45, 7) is 2.88. The maximum Gasteiger partial charge on any atom is 0.196 e. The third-order valence-corrected chi connectivity index (χ3v) is 4.56. The average Bonchev–Trinajstić information content (AvgIpc) is 3.07. The smallest absolute Gasteiger partial charge is 0.196 e. The minimum atomic E-state index is 0.469. The van der Waals surface area contributed by atoms with Crippen LogP contribution < -0.4 is 10.6 Å². The van der Waals surface area contributed by atoms with Crippen molar-refractivity contribution >= 4 is 33.7 Å². The molecule has 4 aromatic rings. The fourth-order valence-corrected chi connectivity index (χ4v) is 3.23. The van der Waals surface area contributed by atoms with Crippen LogP contribution in [0, 0.1) is 0 Å². The van der Waals surface area contributed by atoms with Gasteiger partial charge in [-0.3, -0.25) is 0 Å². The third kappa shape index (κ3) is 2.44. The molecule has 1 aromatic carbocycles. The topological polar surface area (TPSA) is 90.3 Å². The highest BCUT2D eigenvalue weighted by atomic mass is 16.5. The Labute approximate surface area is 149 Å². The van der Waals surface area contributed by atoms with Gasteiger partial charge in [0, 0.05) is 30.2 Å². The number of nitrogen functional groups attached to an aromatic ring is 1. The van der Waals surface area contributed by atoms with Crippen LogP contribution >= 0.6 is 0 Å². The molecule has 1 aliphatic heterocycles. The summed E-state index contributed by atoms with van der Waals surface area (Å²) < 4.78 is 11.6. The second-order valence-corrected chi connectivity index (χ2v) is 6.22. The van der Waals surface area contributed by atoms with Gasteiger partial charge in [-0.05, 0) is 24.3 Å². The van der Waals surface area contributed by atoms with Crippen molar-refractivity contribution in [2.75, 3.05) is 36.9 Å². The van der Waals surface area contributed by atoms with Crippen molar-refractivity contribution in [2.24, 2.45) is 0 Å². The number of hydrogen-bond acceptors (Lipinski definition) is 7. The minimum Gasteiger partial charge on any atom is -0.450 e. The van der Waals surface area contributed by atoms with Crippen LogP contribution in [0.2, 0.25) is 0 Å². The summed E-state index contributed by atoms with van der Waals surface area (Å²) in [5.74, 6) is 1.87. The Kier molecular flexibility index (Phi) is 3.46. The number of furan rings is 1. The van der Waals surface area contributed by atoms with Crippen LogP contribution in [0.1, 0.15) is 0 Å². The number of hydrogen-bond donors (Lipinski definition) is 1. The van der Waals surface area contributed by atoms with Gasteiger partial charge in [-0.15, -0.1) is 0 Å². The van der Waals surface area contributed by atoms with Crippen LogP contribution in [-0.2, 0) is 4.74 Å². The summed E-state index contributed by atoms with van der Waals surface area (Å²) in [4.78, 5) is 15.9. The number of para-hydroxylation sites is 1. The van der Waals surface area contributed by atoms with Crippen LogP contribution in [0.15, 0.2) is 47.0 Å². The van der Waals surface area contributed by atoms with Gasteiger partial charge in [-0.1, -0.05) is 12.1 Å². The van der Waals surface area contributed by atoms with E-state index in [9.17, 15) is 0 Å². The van der Waals surface area contributed by atoms with E-state index < -0.39 is 0 Å². The number of fused-ring (bicyclic) bond motifs is 3. The summed E-state index contributed by atoms with van der Waals surface area (Å²) in [5, 5.41) is 0.976. The summed E-state index contributed by atoms with van der Waals surface area (Å²) in [5.41, 5.74) is 8.85. The van der Waals surface area contributed by atoms with Crippen LogP contribution in [-0.4, -0.2) is 41.3 Å². The zero-order valence-corrected chi connectivity index (χ0v) is 14.1. The van der Waals surface area contributed by atoms with Gasteiger partial charge in [0.25, 0.3) is 0 Å². The Bertz CT molecular complexity index is 1080. The van der Waals surface area contributed by atoms with Gasteiger partial charge in [-0.25, -0.2) is 15.0 Å². The molecular formula is C19H17N5O2. The van der Waals surface area contributed by atoms with Crippen molar-refractivity contribution in [1.82, 2.24) is 15.0 Å². The molecule has 130 valence electrons. The van der Waals surface area contributed by atoms with E-state index >= 15 is 0 Å². The zero-order valence-electron chi connectivity index (χ0n) is 14.1. The molecule has 4 heterocycles. The quantitative estimate of drug-likeness (QED) is 0.596. The lowest BCUT2D eigenvalue weighted by Crippen LogP contribution is -2.37. The molecule has 1 aliphatic rings. The number of nitrogens with two attached hydrogens (primary N) is 1. The standard InChI is InChI=1S/C19H17N5O2/c20-15-6-5-12(11-21-15)18-22-16-13-3-1-2-4-14(13)26-17(16)19(23-18)24-7-9-25-10-8-24/h1-6,11H,7-10H2,(H2,20,21). The molecule has 1 saturated heterocycles. The normalized spacial score (nSPS) is 15.0. The van der Waals surface area contributed by atoms with Gasteiger partial charge in [0.15, 0.2) is 17.2 Å². The lowest BCUT2D eigenvalue weighted by Gasteiger charge is -2.27. The van der Waals surface area contributed by atoms with Crippen molar-refractivity contribution < 1.29 is 9.15 Å². The van der Waals surface area contributed by atoms with Crippen molar-refractivity contribution in [2.45, 2.75) is 0 Å². The Morgan fingerprint density at radius 2 is 1.85 bits per heavy atom. The SMILES string of the molecule is Nc1ccc(-c2nc(N3CCOCC3)c3oc4ccccc4c3n2)cn1. The van der Waals surface area contributed by atoms with Gasteiger partial charge in [-0.2, -0.15) is 0 Å². The maximum atomic E-state index is 6.10. The van der Waals surface area contributed by atoms with Gasteiger partial charge in [0.05, 0.1) is 13.2 Å². The lowest BCUT2D eigenvalue weighted by atomic mass is 10.2.